The van der Waals surface area contributed by atoms with Crippen molar-refractivity contribution in [1.29, 1.82) is 0 Å². The fourth-order valence-electron chi connectivity index (χ4n) is 2.69. The molecule has 1 saturated carbocycles. The van der Waals surface area contributed by atoms with Crippen molar-refractivity contribution in [2.24, 2.45) is 5.92 Å². The van der Waals surface area contributed by atoms with Crippen LogP contribution in [0.5, 0.6) is 0 Å². The molecule has 0 heterocycles. The first-order chi connectivity index (χ1) is 9.32. The van der Waals surface area contributed by atoms with E-state index in [1.807, 2.05) is 0 Å². The average molecular weight is 361 g/mol. The van der Waals surface area contributed by atoms with Crippen LogP contribution in [0.15, 0.2) is 27.6 Å². The maximum absolute atomic E-state index is 12.7. The Morgan fingerprint density at radius 1 is 1.35 bits per heavy atom. The number of sulfone groups is 1. The van der Waals surface area contributed by atoms with Crippen LogP contribution < -0.4 is 0 Å². The number of carboxylic acids is 1. The van der Waals surface area contributed by atoms with Crippen LogP contribution >= 0.6 is 15.9 Å². The molecular weight excluding hydrogens is 344 g/mol. The van der Waals surface area contributed by atoms with E-state index in [0.717, 1.165) is 12.8 Å². The molecule has 1 N–H and O–H groups in total. The number of carbonyl (C=O) groups is 1. The van der Waals surface area contributed by atoms with Crippen molar-refractivity contribution >= 4 is 31.7 Å². The van der Waals surface area contributed by atoms with Crippen molar-refractivity contribution in [1.82, 2.24) is 0 Å². The molecule has 0 radical (unpaired) electrons. The van der Waals surface area contributed by atoms with Gasteiger partial charge in [-0.2, -0.15) is 0 Å². The molecule has 2 unspecified atom stereocenters. The molecule has 4 nitrogen and oxygen atoms in total. The Labute approximate surface area is 127 Å². The number of benzene rings is 1. The summed E-state index contributed by atoms with van der Waals surface area (Å²) in [6.07, 6.45) is 3.26. The van der Waals surface area contributed by atoms with Crippen molar-refractivity contribution in [2.45, 2.75) is 42.8 Å². The third-order valence-electron chi connectivity index (χ3n) is 3.81. The van der Waals surface area contributed by atoms with E-state index in [2.05, 4.69) is 22.9 Å². The highest BCUT2D eigenvalue weighted by Gasteiger charge is 2.33. The zero-order chi connectivity index (χ0) is 14.9. The van der Waals surface area contributed by atoms with Gasteiger partial charge in [-0.15, -0.1) is 0 Å². The van der Waals surface area contributed by atoms with Crippen LogP contribution in [0.2, 0.25) is 0 Å². The molecule has 2 atom stereocenters. The van der Waals surface area contributed by atoms with E-state index in [1.54, 1.807) is 0 Å². The maximum Gasteiger partial charge on any atom is 0.335 e. The summed E-state index contributed by atoms with van der Waals surface area (Å²) < 4.78 is 25.8. The normalized spacial score (nSPS) is 23.5. The van der Waals surface area contributed by atoms with Crippen molar-refractivity contribution < 1.29 is 18.3 Å². The lowest BCUT2D eigenvalue weighted by Gasteiger charge is -2.27. The third kappa shape index (κ3) is 3.06. The van der Waals surface area contributed by atoms with Crippen molar-refractivity contribution in [3.8, 4) is 0 Å². The number of hydrogen-bond donors (Lipinski definition) is 1. The van der Waals surface area contributed by atoms with Gasteiger partial charge in [0.2, 0.25) is 0 Å². The van der Waals surface area contributed by atoms with Crippen molar-refractivity contribution in [3.63, 3.8) is 0 Å². The van der Waals surface area contributed by atoms with Gasteiger partial charge in [0.05, 0.1) is 15.7 Å². The predicted molar refractivity (Wildman–Crippen MR) is 79.7 cm³/mol. The molecule has 1 fully saturated rings. The topological polar surface area (TPSA) is 71.4 Å². The number of carboxylic acid groups (broad SMARTS) is 1. The van der Waals surface area contributed by atoms with Crippen LogP contribution in [-0.4, -0.2) is 24.7 Å². The first-order valence-corrected chi connectivity index (χ1v) is 8.93. The Bertz CT molecular complexity index is 624. The lowest BCUT2D eigenvalue weighted by molar-refractivity contribution is 0.0696. The second-order valence-corrected chi connectivity index (χ2v) is 8.44. The zero-order valence-corrected chi connectivity index (χ0v) is 13.6. The number of halogens is 1. The summed E-state index contributed by atoms with van der Waals surface area (Å²) in [7, 11) is -3.49. The second-order valence-electron chi connectivity index (χ2n) is 5.39. The summed E-state index contributed by atoms with van der Waals surface area (Å²) in [6, 6.07) is 4.14. The standard InChI is InChI=1S/C14H17BrO4S/c1-9-3-2-4-11(7-9)20(18,19)13-8-10(14(16)17)5-6-12(13)15/h5-6,8-9,11H,2-4,7H2,1H3,(H,16,17). The van der Waals surface area contributed by atoms with E-state index >= 15 is 0 Å². The minimum absolute atomic E-state index is 0.00404. The fourth-order valence-corrected chi connectivity index (χ4v) is 5.67. The molecule has 0 amide bonds. The van der Waals surface area contributed by atoms with Crippen LogP contribution in [-0.2, 0) is 9.84 Å². The molecule has 2 rings (SSSR count). The van der Waals surface area contributed by atoms with E-state index in [4.69, 9.17) is 5.11 Å². The van der Waals surface area contributed by atoms with Crippen molar-refractivity contribution in [2.75, 3.05) is 0 Å². The lowest BCUT2D eigenvalue weighted by atomic mass is 9.91. The van der Waals surface area contributed by atoms with E-state index < -0.39 is 21.1 Å². The number of hydrogen-bond acceptors (Lipinski definition) is 3. The molecule has 1 aliphatic rings. The second kappa shape index (κ2) is 5.85. The van der Waals surface area contributed by atoms with Gasteiger partial charge in [0, 0.05) is 4.47 Å². The summed E-state index contributed by atoms with van der Waals surface area (Å²) in [6.45, 7) is 2.06. The van der Waals surface area contributed by atoms with Gasteiger partial charge in [-0.25, -0.2) is 13.2 Å². The Hall–Kier alpha value is -0.880. The summed E-state index contributed by atoms with van der Waals surface area (Å²) >= 11 is 3.23. The lowest BCUT2D eigenvalue weighted by Crippen LogP contribution is -2.27. The minimum atomic E-state index is -3.49. The average Bonchev–Trinajstić information content (AvgIpc) is 2.38. The summed E-state index contributed by atoms with van der Waals surface area (Å²) in [4.78, 5) is 11.1. The monoisotopic (exact) mass is 360 g/mol. The maximum atomic E-state index is 12.7. The molecule has 0 aliphatic heterocycles. The minimum Gasteiger partial charge on any atom is -0.478 e. The predicted octanol–water partition coefficient (Wildman–Crippen LogP) is 3.50. The third-order valence-corrected chi connectivity index (χ3v) is 7.02. The van der Waals surface area contributed by atoms with Gasteiger partial charge in [0.25, 0.3) is 0 Å². The van der Waals surface area contributed by atoms with Gasteiger partial charge in [-0.3, -0.25) is 0 Å². The molecule has 0 bridgehead atoms. The van der Waals surface area contributed by atoms with Crippen LogP contribution in [0.3, 0.4) is 0 Å². The highest BCUT2D eigenvalue weighted by molar-refractivity contribution is 9.10. The molecule has 0 aromatic heterocycles. The van der Waals surface area contributed by atoms with E-state index in [0.29, 0.717) is 23.2 Å². The van der Waals surface area contributed by atoms with Crippen molar-refractivity contribution in [3.05, 3.63) is 28.2 Å². The van der Waals surface area contributed by atoms with Gasteiger partial charge in [-0.1, -0.05) is 19.8 Å². The van der Waals surface area contributed by atoms with Crippen LogP contribution in [0, 0.1) is 5.92 Å². The largest absolute Gasteiger partial charge is 0.478 e. The summed E-state index contributed by atoms with van der Waals surface area (Å²) in [5.74, 6) is -0.726. The van der Waals surface area contributed by atoms with Gasteiger partial charge in [0.15, 0.2) is 9.84 Å². The smallest absolute Gasteiger partial charge is 0.335 e. The Balaban J connectivity index is 2.43. The van der Waals surface area contributed by atoms with Gasteiger partial charge < -0.3 is 5.11 Å². The van der Waals surface area contributed by atoms with Crippen LogP contribution in [0.4, 0.5) is 0 Å². The van der Waals surface area contributed by atoms with Gasteiger partial charge >= 0.3 is 5.97 Å². The molecular formula is C14H17BrO4S. The molecule has 110 valence electrons. The molecule has 1 aliphatic carbocycles. The summed E-state index contributed by atoms with van der Waals surface area (Å²) in [5.41, 5.74) is -0.00404. The molecule has 1 aromatic carbocycles. The molecule has 20 heavy (non-hydrogen) atoms. The van der Waals surface area contributed by atoms with Gasteiger partial charge in [-0.05, 0) is 52.9 Å². The zero-order valence-electron chi connectivity index (χ0n) is 11.2. The molecule has 0 spiro atoms. The first-order valence-electron chi connectivity index (χ1n) is 6.59. The molecule has 1 aromatic rings. The quantitative estimate of drug-likeness (QED) is 0.895. The Kier molecular flexibility index (Phi) is 4.54. The Morgan fingerprint density at radius 2 is 2.05 bits per heavy atom. The highest BCUT2D eigenvalue weighted by atomic mass is 79.9. The fraction of sp³-hybridized carbons (Fsp3) is 0.500. The van der Waals surface area contributed by atoms with Crippen LogP contribution in [0.25, 0.3) is 0 Å². The van der Waals surface area contributed by atoms with E-state index in [-0.39, 0.29) is 10.5 Å². The SMILES string of the molecule is CC1CCCC(S(=O)(=O)c2cc(C(=O)O)ccc2Br)C1. The molecule has 0 saturated heterocycles. The Morgan fingerprint density at radius 3 is 2.65 bits per heavy atom. The summed E-state index contributed by atoms with van der Waals surface area (Å²) in [5, 5.41) is 8.60. The van der Waals surface area contributed by atoms with E-state index in [9.17, 15) is 13.2 Å². The highest BCUT2D eigenvalue weighted by Crippen LogP contribution is 2.34. The van der Waals surface area contributed by atoms with E-state index in [1.165, 1.54) is 18.2 Å². The van der Waals surface area contributed by atoms with Gasteiger partial charge in [0.1, 0.15) is 0 Å². The number of aromatic carboxylic acids is 1. The van der Waals surface area contributed by atoms with Crippen LogP contribution in [0.1, 0.15) is 43.0 Å². The number of rotatable bonds is 3. The first kappa shape index (κ1) is 15.5. The molecule has 6 heteroatoms.